The molecule has 0 aliphatic carbocycles. The standard InChI is InChI=1S/C27H37N7O3/c1-32-12-7-5-6-9-23(35)33(2)13-8-14-34(3)26-24-21(27(36)31-25(24)29-18-30-26)16-28-20-10-11-22(37-4)19(15-20)17-32/h10-11,15-16,18,28H,5-9,12-14,17H2,1-4H3,(H,29,30,31,36)/b21-16-. The summed E-state index contributed by atoms with van der Waals surface area (Å²) in [6, 6.07) is 5.92. The van der Waals surface area contributed by atoms with Gasteiger partial charge >= 0.3 is 0 Å². The van der Waals surface area contributed by atoms with E-state index < -0.39 is 0 Å². The zero-order valence-corrected chi connectivity index (χ0v) is 22.2. The lowest BCUT2D eigenvalue weighted by Gasteiger charge is -2.23. The van der Waals surface area contributed by atoms with Gasteiger partial charge in [0.05, 0.1) is 18.2 Å². The Morgan fingerprint density at radius 3 is 2.57 bits per heavy atom. The molecule has 0 fully saturated rings. The predicted molar refractivity (Wildman–Crippen MR) is 146 cm³/mol. The van der Waals surface area contributed by atoms with Crippen LogP contribution in [-0.4, -0.2) is 79.5 Å². The van der Waals surface area contributed by atoms with E-state index >= 15 is 0 Å². The third-order valence-electron chi connectivity index (χ3n) is 6.88. The number of hydrogen-bond acceptors (Lipinski definition) is 8. The van der Waals surface area contributed by atoms with E-state index in [0.29, 0.717) is 42.3 Å². The first-order valence-electron chi connectivity index (χ1n) is 12.8. The van der Waals surface area contributed by atoms with Crippen LogP contribution in [0.2, 0.25) is 0 Å². The minimum atomic E-state index is -0.227. The molecule has 0 saturated heterocycles. The molecule has 198 valence electrons. The minimum Gasteiger partial charge on any atom is -0.496 e. The Kier molecular flexibility index (Phi) is 8.60. The smallest absolute Gasteiger partial charge is 0.259 e. The monoisotopic (exact) mass is 507 g/mol. The average molecular weight is 508 g/mol. The molecule has 0 radical (unpaired) electrons. The molecule has 2 bridgehead atoms. The fourth-order valence-corrected chi connectivity index (χ4v) is 4.75. The number of nitrogens with zero attached hydrogens (tertiary/aromatic N) is 5. The Balaban J connectivity index is 1.64. The van der Waals surface area contributed by atoms with E-state index in [9.17, 15) is 9.59 Å². The number of carbonyl (C=O) groups is 2. The fourth-order valence-electron chi connectivity index (χ4n) is 4.75. The Bertz CT molecular complexity index is 1170. The molecule has 2 aliphatic heterocycles. The lowest BCUT2D eigenvalue weighted by Crippen LogP contribution is -2.30. The van der Waals surface area contributed by atoms with E-state index in [0.717, 1.165) is 55.8 Å². The molecule has 2 aliphatic rings. The molecule has 2 amide bonds. The van der Waals surface area contributed by atoms with Gasteiger partial charge in [-0.3, -0.25) is 9.59 Å². The van der Waals surface area contributed by atoms with Crippen LogP contribution < -0.4 is 20.3 Å². The zero-order chi connectivity index (χ0) is 26.4. The summed E-state index contributed by atoms with van der Waals surface area (Å²) >= 11 is 0. The number of benzene rings is 1. The second kappa shape index (κ2) is 12.1. The summed E-state index contributed by atoms with van der Waals surface area (Å²) in [6.45, 7) is 3.01. The van der Waals surface area contributed by atoms with Gasteiger partial charge in [0.15, 0.2) is 0 Å². The first-order chi connectivity index (χ1) is 17.9. The summed E-state index contributed by atoms with van der Waals surface area (Å²) in [5.41, 5.74) is 3.06. The molecule has 0 unspecified atom stereocenters. The van der Waals surface area contributed by atoms with E-state index in [-0.39, 0.29) is 11.8 Å². The Morgan fingerprint density at radius 2 is 1.76 bits per heavy atom. The van der Waals surface area contributed by atoms with Gasteiger partial charge in [-0.15, -0.1) is 0 Å². The van der Waals surface area contributed by atoms with Gasteiger partial charge in [-0.1, -0.05) is 6.42 Å². The van der Waals surface area contributed by atoms with Crippen LogP contribution in [0.4, 0.5) is 17.3 Å². The summed E-state index contributed by atoms with van der Waals surface area (Å²) in [5, 5.41) is 6.14. The fraction of sp³-hybridized carbons (Fsp3) is 0.481. The van der Waals surface area contributed by atoms with Crippen molar-refractivity contribution in [3.8, 4) is 5.75 Å². The topological polar surface area (TPSA) is 103 Å². The van der Waals surface area contributed by atoms with Gasteiger partial charge in [-0.25, -0.2) is 9.97 Å². The van der Waals surface area contributed by atoms with Crippen LogP contribution in [0.25, 0.3) is 5.57 Å². The zero-order valence-electron chi connectivity index (χ0n) is 22.2. The van der Waals surface area contributed by atoms with Crippen molar-refractivity contribution in [2.75, 3.05) is 63.4 Å². The van der Waals surface area contributed by atoms with Crippen LogP contribution in [0.3, 0.4) is 0 Å². The molecule has 0 saturated carbocycles. The highest BCUT2D eigenvalue weighted by Crippen LogP contribution is 2.36. The molecule has 10 heteroatoms. The molecular weight excluding hydrogens is 470 g/mol. The van der Waals surface area contributed by atoms with Crippen LogP contribution in [0.1, 0.15) is 43.2 Å². The third kappa shape index (κ3) is 6.37. The molecule has 2 N–H and O–H groups in total. The van der Waals surface area contributed by atoms with Crippen molar-refractivity contribution in [1.29, 1.82) is 0 Å². The molecule has 37 heavy (non-hydrogen) atoms. The van der Waals surface area contributed by atoms with Crippen molar-refractivity contribution in [3.63, 3.8) is 0 Å². The molecule has 1 aromatic heterocycles. The second-order valence-corrected chi connectivity index (χ2v) is 9.74. The van der Waals surface area contributed by atoms with E-state index in [1.54, 1.807) is 13.3 Å². The number of amides is 2. The van der Waals surface area contributed by atoms with Gasteiger partial charge in [0.25, 0.3) is 5.91 Å². The molecule has 2 aromatic rings. The molecule has 10 nitrogen and oxygen atoms in total. The van der Waals surface area contributed by atoms with Crippen LogP contribution in [0, 0.1) is 0 Å². The van der Waals surface area contributed by atoms with Crippen molar-refractivity contribution >= 4 is 34.7 Å². The van der Waals surface area contributed by atoms with Crippen molar-refractivity contribution in [1.82, 2.24) is 19.8 Å². The lowest BCUT2D eigenvalue weighted by molar-refractivity contribution is -0.130. The number of nitrogens with one attached hydrogen (secondary N) is 2. The van der Waals surface area contributed by atoms with Gasteiger partial charge in [-0.05, 0) is 51.1 Å². The Labute approximate surface area is 218 Å². The summed E-state index contributed by atoms with van der Waals surface area (Å²) in [4.78, 5) is 40.3. The molecule has 4 rings (SSSR count). The van der Waals surface area contributed by atoms with Gasteiger partial charge < -0.3 is 30.1 Å². The number of hydrogen-bond donors (Lipinski definition) is 2. The summed E-state index contributed by atoms with van der Waals surface area (Å²) < 4.78 is 5.60. The number of aromatic nitrogens is 2. The Hall–Kier alpha value is -3.66. The van der Waals surface area contributed by atoms with E-state index in [4.69, 9.17) is 4.74 Å². The normalized spacial score (nSPS) is 19.7. The van der Waals surface area contributed by atoms with Crippen molar-refractivity contribution in [2.24, 2.45) is 0 Å². The number of ether oxygens (including phenoxy) is 1. The number of methoxy groups -OCH3 is 1. The lowest BCUT2D eigenvalue weighted by atomic mass is 10.1. The highest BCUT2D eigenvalue weighted by atomic mass is 16.5. The number of anilines is 3. The maximum atomic E-state index is 12.9. The maximum Gasteiger partial charge on any atom is 0.259 e. The number of fused-ring (bicyclic) bond motifs is 2. The summed E-state index contributed by atoms with van der Waals surface area (Å²) in [7, 11) is 7.57. The number of rotatable bonds is 1. The second-order valence-electron chi connectivity index (χ2n) is 9.74. The van der Waals surface area contributed by atoms with Gasteiger partial charge in [-0.2, -0.15) is 0 Å². The maximum absolute atomic E-state index is 12.9. The van der Waals surface area contributed by atoms with E-state index in [1.807, 2.05) is 42.1 Å². The van der Waals surface area contributed by atoms with Crippen LogP contribution in [-0.2, 0) is 16.1 Å². The third-order valence-corrected chi connectivity index (χ3v) is 6.88. The number of carbonyl (C=O) groups excluding carboxylic acids is 2. The van der Waals surface area contributed by atoms with Crippen molar-refractivity contribution in [3.05, 3.63) is 41.9 Å². The minimum absolute atomic E-state index is 0.178. The van der Waals surface area contributed by atoms with Gasteiger partial charge in [0.1, 0.15) is 23.7 Å². The van der Waals surface area contributed by atoms with Gasteiger partial charge in [0.2, 0.25) is 5.91 Å². The quantitative estimate of drug-likeness (QED) is 0.607. The SMILES string of the molecule is COc1ccc2cc1CN(C)CCCCCC(=O)N(C)CCCN(C)c1ncnc3c1/C(=C/N2)C(=O)N3. The van der Waals surface area contributed by atoms with E-state index in [1.165, 1.54) is 6.33 Å². The molecule has 0 spiro atoms. The molecular formula is C27H37N7O3. The highest BCUT2D eigenvalue weighted by molar-refractivity contribution is 6.32. The van der Waals surface area contributed by atoms with E-state index in [2.05, 4.69) is 32.5 Å². The molecule has 0 atom stereocenters. The van der Waals surface area contributed by atoms with Crippen LogP contribution >= 0.6 is 0 Å². The first kappa shape index (κ1) is 26.4. The summed E-state index contributed by atoms with van der Waals surface area (Å²) in [6.07, 6.45) is 7.47. The summed E-state index contributed by atoms with van der Waals surface area (Å²) in [5.74, 6) is 1.94. The molecule has 3 heterocycles. The first-order valence-corrected chi connectivity index (χ1v) is 12.8. The van der Waals surface area contributed by atoms with Crippen LogP contribution in [0.15, 0.2) is 30.7 Å². The molecule has 1 aromatic carbocycles. The van der Waals surface area contributed by atoms with Crippen LogP contribution in [0.5, 0.6) is 5.75 Å². The van der Waals surface area contributed by atoms with Crippen molar-refractivity contribution < 1.29 is 14.3 Å². The Morgan fingerprint density at radius 1 is 0.946 bits per heavy atom. The highest BCUT2D eigenvalue weighted by Gasteiger charge is 2.30. The van der Waals surface area contributed by atoms with Gasteiger partial charge in [0, 0.05) is 57.6 Å². The average Bonchev–Trinajstić information content (AvgIpc) is 3.21. The predicted octanol–water partition coefficient (Wildman–Crippen LogP) is 3.18. The largest absolute Gasteiger partial charge is 0.496 e. The van der Waals surface area contributed by atoms with Crippen molar-refractivity contribution in [2.45, 2.75) is 38.6 Å².